The monoisotopic (exact) mass is 289 g/mol. The van der Waals surface area contributed by atoms with Crippen molar-refractivity contribution < 1.29 is 4.74 Å². The van der Waals surface area contributed by atoms with E-state index < -0.39 is 0 Å². The van der Waals surface area contributed by atoms with Crippen LogP contribution in [0.1, 0.15) is 29.7 Å². The van der Waals surface area contributed by atoms with Gasteiger partial charge >= 0.3 is 0 Å². The predicted octanol–water partition coefficient (Wildman–Crippen LogP) is 5.03. The number of ether oxygens (including phenoxy) is 1. The molecule has 0 aliphatic rings. The maximum Gasteiger partial charge on any atom is 0.146 e. The number of nitrogens with one attached hydrogen (secondary N) is 1. The van der Waals surface area contributed by atoms with Gasteiger partial charge < -0.3 is 10.1 Å². The zero-order valence-electron chi connectivity index (χ0n) is 12.3. The Labute approximate surface area is 125 Å². The van der Waals surface area contributed by atoms with Crippen molar-refractivity contribution in [2.45, 2.75) is 26.8 Å². The van der Waals surface area contributed by atoms with Crippen LogP contribution < -0.4 is 10.1 Å². The van der Waals surface area contributed by atoms with E-state index in [1.165, 1.54) is 5.56 Å². The molecule has 0 heterocycles. The lowest BCUT2D eigenvalue weighted by Crippen LogP contribution is -2.12. The average molecular weight is 290 g/mol. The molecule has 1 atom stereocenters. The summed E-state index contributed by atoms with van der Waals surface area (Å²) in [5.41, 5.74) is 3.49. The second-order valence-corrected chi connectivity index (χ2v) is 5.41. The average Bonchev–Trinajstić information content (AvgIpc) is 2.45. The molecule has 2 rings (SSSR count). The molecule has 0 saturated heterocycles. The van der Waals surface area contributed by atoms with Crippen LogP contribution in [0.3, 0.4) is 0 Å². The molecule has 0 bridgehead atoms. The Bertz CT molecular complexity index is 610. The van der Waals surface area contributed by atoms with Crippen LogP contribution in [0.2, 0.25) is 5.02 Å². The highest BCUT2D eigenvalue weighted by atomic mass is 35.5. The van der Waals surface area contributed by atoms with Crippen LogP contribution in [0.4, 0.5) is 0 Å². The largest absolute Gasteiger partial charge is 0.456 e. The van der Waals surface area contributed by atoms with Gasteiger partial charge in [0.2, 0.25) is 0 Å². The molecule has 106 valence electrons. The number of rotatable bonds is 4. The molecule has 0 spiro atoms. The van der Waals surface area contributed by atoms with Crippen LogP contribution in [-0.2, 0) is 0 Å². The molecule has 3 heteroatoms. The lowest BCUT2D eigenvalue weighted by Gasteiger charge is -2.15. The minimum atomic E-state index is 0.266. The molecule has 0 radical (unpaired) electrons. The highest BCUT2D eigenvalue weighted by molar-refractivity contribution is 6.32. The number of hydrogen-bond donors (Lipinski definition) is 1. The number of hydrogen-bond acceptors (Lipinski definition) is 2. The van der Waals surface area contributed by atoms with Crippen LogP contribution in [0, 0.1) is 13.8 Å². The fourth-order valence-corrected chi connectivity index (χ4v) is 2.22. The number of aryl methyl sites for hydroxylation is 1. The summed E-state index contributed by atoms with van der Waals surface area (Å²) in [5, 5.41) is 3.82. The summed E-state index contributed by atoms with van der Waals surface area (Å²) in [5.74, 6) is 1.54. The third-order valence-electron chi connectivity index (χ3n) is 3.66. The van der Waals surface area contributed by atoms with Gasteiger partial charge in [0.15, 0.2) is 0 Å². The Hall–Kier alpha value is -1.51. The molecule has 0 amide bonds. The van der Waals surface area contributed by atoms with Crippen molar-refractivity contribution in [1.82, 2.24) is 5.32 Å². The van der Waals surface area contributed by atoms with E-state index in [0.29, 0.717) is 10.8 Å². The van der Waals surface area contributed by atoms with E-state index in [-0.39, 0.29) is 6.04 Å². The van der Waals surface area contributed by atoms with Gasteiger partial charge in [-0.25, -0.2) is 0 Å². The highest BCUT2D eigenvalue weighted by Gasteiger charge is 2.09. The second kappa shape index (κ2) is 6.29. The van der Waals surface area contributed by atoms with Gasteiger partial charge in [-0.1, -0.05) is 29.8 Å². The van der Waals surface area contributed by atoms with Gasteiger partial charge in [-0.3, -0.25) is 0 Å². The third kappa shape index (κ3) is 3.14. The van der Waals surface area contributed by atoms with E-state index in [9.17, 15) is 0 Å². The molecule has 1 unspecified atom stereocenters. The summed E-state index contributed by atoms with van der Waals surface area (Å²) < 4.78 is 5.94. The van der Waals surface area contributed by atoms with Gasteiger partial charge in [-0.2, -0.15) is 0 Å². The zero-order valence-corrected chi connectivity index (χ0v) is 13.1. The molecule has 0 saturated carbocycles. The lowest BCUT2D eigenvalue weighted by molar-refractivity contribution is 0.478. The maximum absolute atomic E-state index is 6.32. The van der Waals surface area contributed by atoms with Crippen LogP contribution in [-0.4, -0.2) is 7.05 Å². The van der Waals surface area contributed by atoms with Gasteiger partial charge in [-0.15, -0.1) is 0 Å². The Morgan fingerprint density at radius 3 is 2.50 bits per heavy atom. The summed E-state index contributed by atoms with van der Waals surface area (Å²) in [6, 6.07) is 12.2. The minimum absolute atomic E-state index is 0.266. The van der Waals surface area contributed by atoms with E-state index in [0.717, 1.165) is 16.9 Å². The Balaban J connectivity index is 2.28. The van der Waals surface area contributed by atoms with E-state index in [1.807, 2.05) is 37.4 Å². The van der Waals surface area contributed by atoms with Crippen molar-refractivity contribution >= 4 is 11.6 Å². The molecule has 2 aromatic carbocycles. The van der Waals surface area contributed by atoms with Crippen LogP contribution in [0.25, 0.3) is 0 Å². The molecule has 2 nitrogen and oxygen atoms in total. The smallest absolute Gasteiger partial charge is 0.146 e. The SMILES string of the molecule is CNC(C)c1ccc(Oc2cccc(C)c2C)c(Cl)c1. The van der Waals surface area contributed by atoms with Crippen molar-refractivity contribution in [3.63, 3.8) is 0 Å². The first-order valence-electron chi connectivity index (χ1n) is 6.73. The third-order valence-corrected chi connectivity index (χ3v) is 3.96. The Morgan fingerprint density at radius 2 is 1.85 bits per heavy atom. The minimum Gasteiger partial charge on any atom is -0.456 e. The molecule has 0 fully saturated rings. The molecule has 0 aromatic heterocycles. The summed E-state index contributed by atoms with van der Waals surface area (Å²) in [7, 11) is 1.93. The van der Waals surface area contributed by atoms with Crippen LogP contribution in [0.15, 0.2) is 36.4 Å². The van der Waals surface area contributed by atoms with Crippen LogP contribution in [0.5, 0.6) is 11.5 Å². The maximum atomic E-state index is 6.32. The van der Waals surface area contributed by atoms with Crippen molar-refractivity contribution in [2.24, 2.45) is 0 Å². The number of benzene rings is 2. The summed E-state index contributed by atoms with van der Waals surface area (Å²) in [6.45, 7) is 6.22. The Kier molecular flexibility index (Phi) is 4.69. The molecule has 1 N–H and O–H groups in total. The van der Waals surface area contributed by atoms with Gasteiger partial charge in [0, 0.05) is 6.04 Å². The van der Waals surface area contributed by atoms with E-state index in [2.05, 4.69) is 32.2 Å². The molecule has 2 aromatic rings. The molecule has 20 heavy (non-hydrogen) atoms. The lowest BCUT2D eigenvalue weighted by atomic mass is 10.1. The van der Waals surface area contributed by atoms with Gasteiger partial charge in [0.1, 0.15) is 11.5 Å². The van der Waals surface area contributed by atoms with Gasteiger partial charge in [-0.05, 0) is 62.7 Å². The summed E-state index contributed by atoms with van der Waals surface area (Å²) >= 11 is 6.32. The molecule has 0 aliphatic carbocycles. The Morgan fingerprint density at radius 1 is 1.10 bits per heavy atom. The molecular weight excluding hydrogens is 270 g/mol. The fraction of sp³-hybridized carbons (Fsp3) is 0.294. The fourth-order valence-electron chi connectivity index (χ4n) is 1.99. The van der Waals surface area contributed by atoms with Gasteiger partial charge in [0.25, 0.3) is 0 Å². The topological polar surface area (TPSA) is 21.3 Å². The quantitative estimate of drug-likeness (QED) is 0.852. The van der Waals surface area contributed by atoms with Crippen LogP contribution >= 0.6 is 11.6 Å². The normalized spacial score (nSPS) is 12.2. The first-order valence-corrected chi connectivity index (χ1v) is 7.11. The standard InChI is InChI=1S/C17H20ClNO/c1-11-6-5-7-16(12(11)2)20-17-9-8-14(10-15(17)18)13(3)19-4/h5-10,13,19H,1-4H3. The summed E-state index contributed by atoms with van der Waals surface area (Å²) in [6.07, 6.45) is 0. The van der Waals surface area contributed by atoms with Crippen molar-refractivity contribution in [3.05, 3.63) is 58.1 Å². The van der Waals surface area contributed by atoms with Gasteiger partial charge in [0.05, 0.1) is 5.02 Å². The van der Waals surface area contributed by atoms with E-state index >= 15 is 0 Å². The summed E-state index contributed by atoms with van der Waals surface area (Å²) in [4.78, 5) is 0. The highest BCUT2D eigenvalue weighted by Crippen LogP contribution is 2.33. The molecule has 0 aliphatic heterocycles. The first-order chi connectivity index (χ1) is 9.52. The number of halogens is 1. The van der Waals surface area contributed by atoms with E-state index in [4.69, 9.17) is 16.3 Å². The first kappa shape index (κ1) is 14.9. The van der Waals surface area contributed by atoms with E-state index in [1.54, 1.807) is 0 Å². The van der Waals surface area contributed by atoms with Crippen molar-refractivity contribution in [1.29, 1.82) is 0 Å². The second-order valence-electron chi connectivity index (χ2n) is 5.00. The van der Waals surface area contributed by atoms with Crippen molar-refractivity contribution in [3.8, 4) is 11.5 Å². The zero-order chi connectivity index (χ0) is 14.7. The van der Waals surface area contributed by atoms with Crippen molar-refractivity contribution in [2.75, 3.05) is 7.05 Å². The predicted molar refractivity (Wildman–Crippen MR) is 84.9 cm³/mol. The molecular formula is C17H20ClNO.